The van der Waals surface area contributed by atoms with E-state index in [2.05, 4.69) is 20.2 Å². The second kappa shape index (κ2) is 8.99. The molecule has 192 valence electrons. The number of fused-ring (bicyclic) bond motifs is 5. The van der Waals surface area contributed by atoms with E-state index in [9.17, 15) is 4.79 Å². The molecule has 5 aromatic rings. The maximum atomic E-state index is 15.5. The van der Waals surface area contributed by atoms with Crippen molar-refractivity contribution in [3.8, 4) is 28.3 Å². The fourth-order valence-corrected chi connectivity index (χ4v) is 6.15. The zero-order valence-corrected chi connectivity index (χ0v) is 21.1. The van der Waals surface area contributed by atoms with Crippen molar-refractivity contribution in [2.75, 3.05) is 32.1 Å². The van der Waals surface area contributed by atoms with Crippen molar-refractivity contribution in [2.24, 2.45) is 5.92 Å². The lowest BCUT2D eigenvalue weighted by Crippen LogP contribution is -2.53. The first-order chi connectivity index (χ1) is 18.6. The molecule has 0 radical (unpaired) electrons. The van der Waals surface area contributed by atoms with E-state index < -0.39 is 5.82 Å². The Morgan fingerprint density at radius 1 is 1.00 bits per heavy atom. The number of H-pyrrole nitrogens is 2. The van der Waals surface area contributed by atoms with Crippen LogP contribution in [0.4, 0.5) is 10.1 Å². The highest BCUT2D eigenvalue weighted by Gasteiger charge is 2.35. The van der Waals surface area contributed by atoms with Crippen LogP contribution in [0.15, 0.2) is 65.5 Å². The van der Waals surface area contributed by atoms with E-state index in [0.29, 0.717) is 45.4 Å². The summed E-state index contributed by atoms with van der Waals surface area (Å²) in [6.07, 6.45) is 2.25. The number of aromatic nitrogens is 3. The van der Waals surface area contributed by atoms with Crippen LogP contribution in [-0.4, -0.2) is 52.6 Å². The van der Waals surface area contributed by atoms with Gasteiger partial charge in [-0.2, -0.15) is 0 Å². The van der Waals surface area contributed by atoms with E-state index in [-0.39, 0.29) is 11.6 Å². The molecule has 5 heterocycles. The molecule has 3 N–H and O–H groups in total. The first-order valence-corrected chi connectivity index (χ1v) is 13.1. The van der Waals surface area contributed by atoms with E-state index in [1.54, 1.807) is 7.11 Å². The molecule has 8 rings (SSSR count). The molecule has 38 heavy (non-hydrogen) atoms. The molecule has 8 heteroatoms. The first kappa shape index (κ1) is 23.0. The van der Waals surface area contributed by atoms with Gasteiger partial charge >= 0.3 is 0 Å². The molecule has 0 spiro atoms. The molecule has 0 unspecified atom stereocenters. The predicted molar refractivity (Wildman–Crippen MR) is 148 cm³/mol. The number of pyridine rings is 1. The number of hydrogen-bond donors (Lipinski definition) is 3. The van der Waals surface area contributed by atoms with Crippen LogP contribution in [0.3, 0.4) is 0 Å². The summed E-state index contributed by atoms with van der Waals surface area (Å²) in [6.45, 7) is 3.14. The van der Waals surface area contributed by atoms with Gasteiger partial charge in [0.2, 0.25) is 0 Å². The smallest absolute Gasteiger partial charge is 0.261 e. The summed E-state index contributed by atoms with van der Waals surface area (Å²) in [5, 5.41) is 4.49. The third-order valence-corrected chi connectivity index (χ3v) is 8.11. The number of nitrogens with one attached hydrogen (secondary N) is 3. The van der Waals surface area contributed by atoms with E-state index in [0.717, 1.165) is 48.9 Å². The molecule has 3 aliphatic rings. The third kappa shape index (κ3) is 3.75. The summed E-state index contributed by atoms with van der Waals surface area (Å²) < 4.78 is 21.0. The number of benzene rings is 3. The van der Waals surface area contributed by atoms with Crippen LogP contribution in [0.25, 0.3) is 44.5 Å². The van der Waals surface area contributed by atoms with Gasteiger partial charge in [0.1, 0.15) is 23.0 Å². The Morgan fingerprint density at radius 2 is 1.79 bits per heavy atom. The molecular weight excluding hydrogens is 481 g/mol. The maximum Gasteiger partial charge on any atom is 0.261 e. The van der Waals surface area contributed by atoms with Crippen LogP contribution in [0.1, 0.15) is 12.8 Å². The summed E-state index contributed by atoms with van der Waals surface area (Å²) in [6, 6.07) is 18.5. The standard InChI is InChI=1S/C30H28FN5O2/c1-38-26-9-5-2-6-18(26)19-14-20-24(15-21(19)31)35-30(37)27(29-33-22-7-3-4-8-23(22)34-29)28(20)32-25-16-36-12-10-17(25)11-13-36/h2-9,14-15,17,25H,10-13,16H2,1H3,(H,33,34)(H2,32,35,37)/t25-/m0/s1. The van der Waals surface area contributed by atoms with Crippen LogP contribution < -0.4 is 15.6 Å². The molecule has 1 atom stereocenters. The number of imidazole rings is 1. The number of anilines is 1. The summed E-state index contributed by atoms with van der Waals surface area (Å²) in [5.74, 6) is 1.16. The van der Waals surface area contributed by atoms with Crippen LogP contribution in [0.2, 0.25) is 0 Å². The average molecular weight is 510 g/mol. The van der Waals surface area contributed by atoms with Gasteiger partial charge in [0.25, 0.3) is 5.56 Å². The van der Waals surface area contributed by atoms with E-state index in [1.165, 1.54) is 6.07 Å². The number of halogens is 1. The number of methoxy groups -OCH3 is 1. The Balaban J connectivity index is 1.48. The highest BCUT2D eigenvalue weighted by atomic mass is 19.1. The second-order valence-corrected chi connectivity index (χ2v) is 10.3. The predicted octanol–water partition coefficient (Wildman–Crippen LogP) is 5.39. The number of ether oxygens (including phenoxy) is 1. The normalized spacial score (nSPS) is 20.7. The van der Waals surface area contributed by atoms with Crippen molar-refractivity contribution in [2.45, 2.75) is 18.9 Å². The van der Waals surface area contributed by atoms with Crippen LogP contribution in [0.5, 0.6) is 5.75 Å². The minimum atomic E-state index is -0.428. The molecule has 3 saturated heterocycles. The summed E-state index contributed by atoms with van der Waals surface area (Å²) in [4.78, 5) is 27.1. The Hall–Kier alpha value is -4.17. The number of aromatic amines is 2. The molecule has 0 aliphatic carbocycles. The van der Waals surface area contributed by atoms with E-state index >= 15 is 4.39 Å². The summed E-state index contributed by atoms with van der Waals surface area (Å²) in [7, 11) is 1.58. The zero-order valence-electron chi connectivity index (χ0n) is 21.1. The molecule has 3 aromatic carbocycles. The third-order valence-electron chi connectivity index (χ3n) is 8.11. The van der Waals surface area contributed by atoms with Gasteiger partial charge in [0.05, 0.1) is 29.3 Å². The van der Waals surface area contributed by atoms with Gasteiger partial charge in [-0.25, -0.2) is 9.37 Å². The fourth-order valence-electron chi connectivity index (χ4n) is 6.15. The summed E-state index contributed by atoms with van der Waals surface area (Å²) in [5.41, 5.74) is 3.93. The van der Waals surface area contributed by atoms with E-state index in [1.807, 2.05) is 54.6 Å². The van der Waals surface area contributed by atoms with Crippen molar-refractivity contribution in [1.82, 2.24) is 19.9 Å². The lowest BCUT2D eigenvalue weighted by Gasteiger charge is -2.45. The van der Waals surface area contributed by atoms with Crippen LogP contribution in [0, 0.1) is 11.7 Å². The number of rotatable bonds is 5. The highest BCUT2D eigenvalue weighted by Crippen LogP contribution is 2.39. The molecule has 0 saturated carbocycles. The number of hydrogen-bond acceptors (Lipinski definition) is 5. The lowest BCUT2D eigenvalue weighted by molar-refractivity contribution is 0.0976. The van der Waals surface area contributed by atoms with E-state index in [4.69, 9.17) is 9.72 Å². The van der Waals surface area contributed by atoms with Crippen molar-refractivity contribution in [1.29, 1.82) is 0 Å². The largest absolute Gasteiger partial charge is 0.496 e. The molecule has 2 aromatic heterocycles. The summed E-state index contributed by atoms with van der Waals surface area (Å²) >= 11 is 0. The maximum absolute atomic E-state index is 15.5. The minimum Gasteiger partial charge on any atom is -0.496 e. The molecule has 3 aliphatic heterocycles. The Labute approximate surface area is 218 Å². The van der Waals surface area contributed by atoms with Gasteiger partial charge in [-0.1, -0.05) is 30.3 Å². The lowest BCUT2D eigenvalue weighted by atomic mass is 9.83. The van der Waals surface area contributed by atoms with Crippen LogP contribution >= 0.6 is 0 Å². The van der Waals surface area contributed by atoms with Gasteiger partial charge in [-0.05, 0) is 62.2 Å². The number of piperidine rings is 3. The molecule has 3 fully saturated rings. The van der Waals surface area contributed by atoms with Gasteiger partial charge in [-0.3, -0.25) is 4.79 Å². The number of para-hydroxylation sites is 3. The minimum absolute atomic E-state index is 0.186. The molecular formula is C30H28FN5O2. The van der Waals surface area contributed by atoms with Gasteiger partial charge < -0.3 is 24.9 Å². The van der Waals surface area contributed by atoms with Gasteiger partial charge in [0, 0.05) is 29.1 Å². The molecule has 0 amide bonds. The van der Waals surface area contributed by atoms with Crippen molar-refractivity contribution < 1.29 is 9.13 Å². The van der Waals surface area contributed by atoms with Gasteiger partial charge in [0.15, 0.2) is 0 Å². The molecule has 2 bridgehead atoms. The number of nitrogens with zero attached hydrogens (tertiary/aromatic N) is 2. The van der Waals surface area contributed by atoms with Gasteiger partial charge in [-0.15, -0.1) is 0 Å². The topological polar surface area (TPSA) is 86.0 Å². The van der Waals surface area contributed by atoms with Crippen LogP contribution in [-0.2, 0) is 0 Å². The Bertz CT molecular complexity index is 1700. The van der Waals surface area contributed by atoms with Crippen molar-refractivity contribution >= 4 is 27.6 Å². The monoisotopic (exact) mass is 509 g/mol. The van der Waals surface area contributed by atoms with Crippen molar-refractivity contribution in [3.63, 3.8) is 0 Å². The Kier molecular flexibility index (Phi) is 5.44. The highest BCUT2D eigenvalue weighted by molar-refractivity contribution is 6.01. The first-order valence-electron chi connectivity index (χ1n) is 13.1. The quantitative estimate of drug-likeness (QED) is 0.296. The van der Waals surface area contributed by atoms with Crippen molar-refractivity contribution in [3.05, 3.63) is 76.8 Å². The average Bonchev–Trinajstić information content (AvgIpc) is 3.37. The second-order valence-electron chi connectivity index (χ2n) is 10.3. The SMILES string of the molecule is COc1ccccc1-c1cc2c(N[C@H]3CN4CCC3CC4)c(-c3nc4ccccc4[nH]3)c(=O)[nH]c2cc1F. The Morgan fingerprint density at radius 3 is 2.55 bits per heavy atom. The zero-order chi connectivity index (χ0) is 25.8. The fraction of sp³-hybridized carbons (Fsp3) is 0.267. The molecule has 7 nitrogen and oxygen atoms in total.